The minimum absolute atomic E-state index is 0.301. The average molecular weight is 280 g/mol. The summed E-state index contributed by atoms with van der Waals surface area (Å²) in [7, 11) is 1.69. The monoisotopic (exact) mass is 280 g/mol. The van der Waals surface area contributed by atoms with Crippen molar-refractivity contribution in [3.8, 4) is 5.75 Å². The maximum absolute atomic E-state index is 5.19. The smallest absolute Gasteiger partial charge is 0.118 e. The molecule has 2 N–H and O–H groups in total. The van der Waals surface area contributed by atoms with Gasteiger partial charge in [0.15, 0.2) is 0 Å². The molecule has 21 heavy (non-hydrogen) atoms. The van der Waals surface area contributed by atoms with Gasteiger partial charge in [0, 0.05) is 24.3 Å². The number of H-pyrrole nitrogens is 1. The van der Waals surface area contributed by atoms with Crippen LogP contribution in [-0.2, 0) is 6.54 Å². The lowest BCUT2D eigenvalue weighted by atomic mass is 10.1. The lowest BCUT2D eigenvalue weighted by Crippen LogP contribution is -2.17. The number of rotatable bonds is 5. The summed E-state index contributed by atoms with van der Waals surface area (Å²) in [6.45, 7) is 3.02. The summed E-state index contributed by atoms with van der Waals surface area (Å²) >= 11 is 0. The highest BCUT2D eigenvalue weighted by molar-refractivity contribution is 5.79. The van der Waals surface area contributed by atoms with Gasteiger partial charge in [0.05, 0.1) is 7.11 Å². The summed E-state index contributed by atoms with van der Waals surface area (Å²) in [6.07, 6.45) is 1.97. The first-order chi connectivity index (χ1) is 10.3. The highest BCUT2D eigenvalue weighted by Crippen LogP contribution is 2.19. The molecule has 1 heterocycles. The van der Waals surface area contributed by atoms with E-state index >= 15 is 0 Å². The quantitative estimate of drug-likeness (QED) is 0.740. The van der Waals surface area contributed by atoms with E-state index in [0.717, 1.165) is 12.3 Å². The third-order valence-corrected chi connectivity index (χ3v) is 3.85. The van der Waals surface area contributed by atoms with Crippen LogP contribution in [0, 0.1) is 0 Å². The highest BCUT2D eigenvalue weighted by atomic mass is 16.5. The van der Waals surface area contributed by atoms with Gasteiger partial charge in [0.25, 0.3) is 0 Å². The average Bonchev–Trinajstić information content (AvgIpc) is 3.00. The van der Waals surface area contributed by atoms with Gasteiger partial charge in [-0.25, -0.2) is 0 Å². The number of nitrogens with one attached hydrogen (secondary N) is 2. The van der Waals surface area contributed by atoms with E-state index in [1.165, 1.54) is 22.0 Å². The van der Waals surface area contributed by atoms with E-state index in [1.54, 1.807) is 7.11 Å². The topological polar surface area (TPSA) is 37.0 Å². The van der Waals surface area contributed by atoms with Crippen LogP contribution in [0.3, 0.4) is 0 Å². The molecule has 0 amide bonds. The molecular formula is C18H20N2O. The molecule has 0 radical (unpaired) electrons. The number of fused-ring (bicyclic) bond motifs is 1. The van der Waals surface area contributed by atoms with Crippen LogP contribution >= 0.6 is 0 Å². The molecule has 3 nitrogen and oxygen atoms in total. The SMILES string of the molecule is COc1ccc([C@@H](C)NCc2ccc3cc[nH]c3c2)cc1. The minimum Gasteiger partial charge on any atom is -0.497 e. The fourth-order valence-electron chi connectivity index (χ4n) is 2.49. The molecular weight excluding hydrogens is 260 g/mol. The maximum atomic E-state index is 5.19. The van der Waals surface area contributed by atoms with Gasteiger partial charge in [-0.15, -0.1) is 0 Å². The predicted molar refractivity (Wildman–Crippen MR) is 86.5 cm³/mol. The van der Waals surface area contributed by atoms with Crippen molar-refractivity contribution in [1.82, 2.24) is 10.3 Å². The molecule has 0 aliphatic rings. The standard InChI is InChI=1S/C18H20N2O/c1-13(15-5-7-17(21-2)8-6-15)20-12-14-3-4-16-9-10-19-18(16)11-14/h3-11,13,19-20H,12H2,1-2H3/t13-/m1/s1. The van der Waals surface area contributed by atoms with Crippen molar-refractivity contribution in [3.63, 3.8) is 0 Å². The fraction of sp³-hybridized carbons (Fsp3) is 0.222. The van der Waals surface area contributed by atoms with Gasteiger partial charge in [0.1, 0.15) is 5.75 Å². The van der Waals surface area contributed by atoms with Crippen LogP contribution < -0.4 is 10.1 Å². The number of aromatic amines is 1. The fourth-order valence-corrected chi connectivity index (χ4v) is 2.49. The zero-order valence-corrected chi connectivity index (χ0v) is 12.4. The Bertz CT molecular complexity index is 715. The summed E-state index contributed by atoms with van der Waals surface area (Å²) in [4.78, 5) is 3.25. The lowest BCUT2D eigenvalue weighted by molar-refractivity contribution is 0.414. The molecule has 0 saturated heterocycles. The van der Waals surface area contributed by atoms with Gasteiger partial charge in [-0.2, -0.15) is 0 Å². The number of ether oxygens (including phenoxy) is 1. The first-order valence-corrected chi connectivity index (χ1v) is 7.19. The molecule has 0 aliphatic heterocycles. The Morgan fingerprint density at radius 1 is 1.10 bits per heavy atom. The predicted octanol–water partition coefficient (Wildman–Crippen LogP) is 4.03. The Morgan fingerprint density at radius 3 is 2.67 bits per heavy atom. The third kappa shape index (κ3) is 3.09. The summed E-state index contributed by atoms with van der Waals surface area (Å²) in [5.74, 6) is 0.892. The van der Waals surface area contributed by atoms with Crippen LogP contribution in [0.1, 0.15) is 24.1 Å². The van der Waals surface area contributed by atoms with E-state index < -0.39 is 0 Å². The second kappa shape index (κ2) is 6.02. The van der Waals surface area contributed by atoms with E-state index in [-0.39, 0.29) is 0 Å². The van der Waals surface area contributed by atoms with E-state index in [2.05, 4.69) is 53.6 Å². The van der Waals surface area contributed by atoms with Crippen LogP contribution in [0.15, 0.2) is 54.7 Å². The van der Waals surface area contributed by atoms with Crippen molar-refractivity contribution in [1.29, 1.82) is 0 Å². The van der Waals surface area contributed by atoms with Crippen LogP contribution in [0.4, 0.5) is 0 Å². The highest BCUT2D eigenvalue weighted by Gasteiger charge is 2.05. The first kappa shape index (κ1) is 13.7. The van der Waals surface area contributed by atoms with E-state index in [9.17, 15) is 0 Å². The van der Waals surface area contributed by atoms with Gasteiger partial charge >= 0.3 is 0 Å². The van der Waals surface area contributed by atoms with E-state index in [1.807, 2.05) is 18.3 Å². The van der Waals surface area contributed by atoms with Crippen molar-refractivity contribution in [3.05, 3.63) is 65.9 Å². The van der Waals surface area contributed by atoms with Crippen LogP contribution in [-0.4, -0.2) is 12.1 Å². The zero-order chi connectivity index (χ0) is 14.7. The second-order valence-corrected chi connectivity index (χ2v) is 5.28. The zero-order valence-electron chi connectivity index (χ0n) is 12.4. The number of benzene rings is 2. The molecule has 2 aromatic carbocycles. The molecule has 1 atom stereocenters. The Labute approximate surface area is 125 Å². The van der Waals surface area contributed by atoms with Gasteiger partial charge in [-0.05, 0) is 47.7 Å². The van der Waals surface area contributed by atoms with Crippen LogP contribution in [0.25, 0.3) is 10.9 Å². The Morgan fingerprint density at radius 2 is 1.90 bits per heavy atom. The molecule has 0 aliphatic carbocycles. The number of aromatic nitrogens is 1. The van der Waals surface area contributed by atoms with Crippen molar-refractivity contribution < 1.29 is 4.74 Å². The Hall–Kier alpha value is -2.26. The first-order valence-electron chi connectivity index (χ1n) is 7.19. The van der Waals surface area contributed by atoms with Crippen molar-refractivity contribution in [2.45, 2.75) is 19.5 Å². The van der Waals surface area contributed by atoms with Gasteiger partial charge in [-0.3, -0.25) is 0 Å². The molecule has 3 aromatic rings. The molecule has 0 spiro atoms. The third-order valence-electron chi connectivity index (χ3n) is 3.85. The largest absolute Gasteiger partial charge is 0.497 e. The molecule has 108 valence electrons. The lowest BCUT2D eigenvalue weighted by Gasteiger charge is -2.15. The number of hydrogen-bond donors (Lipinski definition) is 2. The summed E-state index contributed by atoms with van der Waals surface area (Å²) < 4.78 is 5.19. The van der Waals surface area contributed by atoms with Crippen LogP contribution in [0.2, 0.25) is 0 Å². The van der Waals surface area contributed by atoms with Gasteiger partial charge < -0.3 is 15.0 Å². The Kier molecular flexibility index (Phi) is 3.93. The maximum Gasteiger partial charge on any atom is 0.118 e. The van der Waals surface area contributed by atoms with Gasteiger partial charge in [-0.1, -0.05) is 24.3 Å². The normalized spacial score (nSPS) is 12.5. The van der Waals surface area contributed by atoms with Crippen molar-refractivity contribution in [2.75, 3.05) is 7.11 Å². The molecule has 0 bridgehead atoms. The Balaban J connectivity index is 1.65. The van der Waals surface area contributed by atoms with Gasteiger partial charge in [0.2, 0.25) is 0 Å². The van der Waals surface area contributed by atoms with Crippen molar-refractivity contribution in [2.24, 2.45) is 0 Å². The number of hydrogen-bond acceptors (Lipinski definition) is 2. The summed E-state index contributed by atoms with van der Waals surface area (Å²) in [5, 5.41) is 4.81. The van der Waals surface area contributed by atoms with E-state index in [4.69, 9.17) is 4.74 Å². The molecule has 0 fully saturated rings. The van der Waals surface area contributed by atoms with E-state index in [0.29, 0.717) is 6.04 Å². The second-order valence-electron chi connectivity index (χ2n) is 5.28. The number of methoxy groups -OCH3 is 1. The molecule has 3 rings (SSSR count). The minimum atomic E-state index is 0.301. The molecule has 0 unspecified atom stereocenters. The van der Waals surface area contributed by atoms with Crippen molar-refractivity contribution >= 4 is 10.9 Å². The summed E-state index contributed by atoms with van der Waals surface area (Å²) in [6, 6.07) is 17.1. The summed E-state index contributed by atoms with van der Waals surface area (Å²) in [5.41, 5.74) is 3.73. The molecule has 3 heteroatoms. The molecule has 1 aromatic heterocycles. The van der Waals surface area contributed by atoms with Crippen LogP contribution in [0.5, 0.6) is 5.75 Å². The molecule has 0 saturated carbocycles.